The van der Waals surface area contributed by atoms with Gasteiger partial charge in [0.15, 0.2) is 5.78 Å². The Balaban J connectivity index is 1.80. The van der Waals surface area contributed by atoms with E-state index >= 15 is 0 Å². The number of ether oxygens (including phenoxy) is 2. The summed E-state index contributed by atoms with van der Waals surface area (Å²) in [5.74, 6) is 0.565. The number of Topliss-reactive ketones (excluding diaryl/α,β-unsaturated/α-hetero) is 1. The van der Waals surface area contributed by atoms with Crippen molar-refractivity contribution in [3.8, 4) is 5.75 Å². The molecule has 0 aliphatic carbocycles. The van der Waals surface area contributed by atoms with Crippen LogP contribution >= 0.6 is 0 Å². The van der Waals surface area contributed by atoms with Gasteiger partial charge in [-0.3, -0.25) is 4.79 Å². The summed E-state index contributed by atoms with van der Waals surface area (Å²) < 4.78 is 38.0. The lowest BCUT2D eigenvalue weighted by molar-refractivity contribution is 0.0730. The van der Waals surface area contributed by atoms with Crippen molar-refractivity contribution in [3.05, 3.63) is 59.7 Å². The van der Waals surface area contributed by atoms with E-state index in [1.165, 1.54) is 29.1 Å². The van der Waals surface area contributed by atoms with Crippen molar-refractivity contribution in [3.63, 3.8) is 0 Å². The van der Waals surface area contributed by atoms with Gasteiger partial charge >= 0.3 is 0 Å². The van der Waals surface area contributed by atoms with Crippen LogP contribution < -0.4 is 4.74 Å². The summed E-state index contributed by atoms with van der Waals surface area (Å²) in [6.45, 7) is 3.48. The fraction of sp³-hybridized carbons (Fsp3) is 0.435. The molecule has 162 valence electrons. The van der Waals surface area contributed by atoms with E-state index in [2.05, 4.69) is 19.1 Å². The van der Waals surface area contributed by atoms with Crippen LogP contribution in [0.4, 0.5) is 0 Å². The van der Waals surface area contributed by atoms with E-state index in [1.807, 2.05) is 18.2 Å². The highest BCUT2D eigenvalue weighted by atomic mass is 32.2. The molecule has 2 aromatic rings. The van der Waals surface area contributed by atoms with Gasteiger partial charge in [0.2, 0.25) is 10.0 Å². The van der Waals surface area contributed by atoms with Crippen LogP contribution in [0, 0.1) is 0 Å². The summed E-state index contributed by atoms with van der Waals surface area (Å²) >= 11 is 0. The van der Waals surface area contributed by atoms with Gasteiger partial charge in [-0.2, -0.15) is 4.31 Å². The van der Waals surface area contributed by atoms with Gasteiger partial charge in [-0.1, -0.05) is 37.3 Å². The lowest BCUT2D eigenvalue weighted by atomic mass is 9.90. The monoisotopic (exact) mass is 431 g/mol. The molecule has 1 fully saturated rings. The van der Waals surface area contributed by atoms with Crippen molar-refractivity contribution in [1.29, 1.82) is 0 Å². The highest BCUT2D eigenvalue weighted by Crippen LogP contribution is 2.29. The van der Waals surface area contributed by atoms with Crippen LogP contribution in [-0.4, -0.2) is 51.9 Å². The first kappa shape index (κ1) is 22.5. The Labute approximate surface area is 178 Å². The van der Waals surface area contributed by atoms with E-state index in [4.69, 9.17) is 9.47 Å². The summed E-state index contributed by atoms with van der Waals surface area (Å²) in [5, 5.41) is 0. The van der Waals surface area contributed by atoms with Gasteiger partial charge in [0.25, 0.3) is 0 Å². The predicted molar refractivity (Wildman–Crippen MR) is 116 cm³/mol. The minimum absolute atomic E-state index is 0.111. The minimum Gasteiger partial charge on any atom is -0.496 e. The standard InChI is InChI=1S/C23H29NO5S/c1-3-18(19-7-5-4-6-8-19)9-11-22(25)21-17-20(10-12-23(21)28-2)30(26,27)24-13-15-29-16-14-24/h4-8,10,12,17-18H,3,9,11,13-16H2,1-2H3. The zero-order valence-electron chi connectivity index (χ0n) is 17.5. The lowest BCUT2D eigenvalue weighted by Crippen LogP contribution is -2.40. The molecular weight excluding hydrogens is 402 g/mol. The van der Waals surface area contributed by atoms with Crippen LogP contribution in [0.3, 0.4) is 0 Å². The van der Waals surface area contributed by atoms with Crippen molar-refractivity contribution < 1.29 is 22.7 Å². The normalized spacial score (nSPS) is 16.2. The Morgan fingerprint density at radius 2 is 1.83 bits per heavy atom. The van der Waals surface area contributed by atoms with Gasteiger partial charge in [-0.15, -0.1) is 0 Å². The van der Waals surface area contributed by atoms with Gasteiger partial charge < -0.3 is 9.47 Å². The molecule has 0 radical (unpaired) electrons. The molecule has 0 saturated carbocycles. The van der Waals surface area contributed by atoms with Crippen molar-refractivity contribution in [1.82, 2.24) is 4.31 Å². The van der Waals surface area contributed by atoms with Gasteiger partial charge in [-0.25, -0.2) is 8.42 Å². The van der Waals surface area contributed by atoms with E-state index in [-0.39, 0.29) is 16.6 Å². The van der Waals surface area contributed by atoms with E-state index in [0.29, 0.717) is 50.5 Å². The van der Waals surface area contributed by atoms with Crippen LogP contribution in [0.25, 0.3) is 0 Å². The smallest absolute Gasteiger partial charge is 0.243 e. The third-order valence-corrected chi connectivity index (χ3v) is 7.46. The Morgan fingerprint density at radius 3 is 2.47 bits per heavy atom. The van der Waals surface area contributed by atoms with E-state index < -0.39 is 10.0 Å². The molecule has 1 unspecified atom stereocenters. The fourth-order valence-corrected chi connectivity index (χ4v) is 5.21. The molecule has 1 aliphatic heterocycles. The average molecular weight is 432 g/mol. The zero-order chi connectivity index (χ0) is 21.6. The molecule has 0 aromatic heterocycles. The molecule has 1 atom stereocenters. The molecule has 3 rings (SSSR count). The second-order valence-electron chi connectivity index (χ2n) is 7.36. The predicted octanol–water partition coefficient (Wildman–Crippen LogP) is 3.87. The second kappa shape index (κ2) is 10.2. The van der Waals surface area contributed by atoms with Gasteiger partial charge in [-0.05, 0) is 42.5 Å². The fourth-order valence-electron chi connectivity index (χ4n) is 3.77. The maximum atomic E-state index is 13.0. The van der Waals surface area contributed by atoms with Crippen LogP contribution in [-0.2, 0) is 14.8 Å². The first-order valence-electron chi connectivity index (χ1n) is 10.3. The number of rotatable bonds is 9. The number of nitrogens with zero attached hydrogens (tertiary/aromatic N) is 1. The molecule has 2 aromatic carbocycles. The Bertz CT molecular complexity index is 953. The third-order valence-electron chi connectivity index (χ3n) is 5.56. The summed E-state index contributed by atoms with van der Waals surface area (Å²) in [6, 6.07) is 14.7. The number of hydrogen-bond acceptors (Lipinski definition) is 5. The summed E-state index contributed by atoms with van der Waals surface area (Å²) in [4.78, 5) is 13.1. The SMILES string of the molecule is CCC(CCC(=O)c1cc(S(=O)(=O)N2CCOCC2)ccc1OC)c1ccccc1. The van der Waals surface area contributed by atoms with E-state index in [1.54, 1.807) is 6.07 Å². The lowest BCUT2D eigenvalue weighted by Gasteiger charge is -2.26. The Kier molecular flexibility index (Phi) is 7.64. The molecule has 0 N–H and O–H groups in total. The number of benzene rings is 2. The number of sulfonamides is 1. The average Bonchev–Trinajstić information content (AvgIpc) is 2.80. The van der Waals surface area contributed by atoms with Gasteiger partial charge in [0.05, 0.1) is 30.8 Å². The van der Waals surface area contributed by atoms with Crippen molar-refractivity contribution in [2.75, 3.05) is 33.4 Å². The molecule has 1 saturated heterocycles. The van der Waals surface area contributed by atoms with Gasteiger partial charge in [0, 0.05) is 19.5 Å². The molecule has 0 bridgehead atoms. The van der Waals surface area contributed by atoms with Crippen LogP contribution in [0.15, 0.2) is 53.4 Å². The Hall–Kier alpha value is -2.22. The highest BCUT2D eigenvalue weighted by Gasteiger charge is 2.28. The summed E-state index contributed by atoms with van der Waals surface area (Å²) in [7, 11) is -2.19. The second-order valence-corrected chi connectivity index (χ2v) is 9.29. The molecule has 30 heavy (non-hydrogen) atoms. The number of ketones is 1. The van der Waals surface area contributed by atoms with E-state index in [9.17, 15) is 13.2 Å². The number of carbonyl (C=O) groups is 1. The highest BCUT2D eigenvalue weighted by molar-refractivity contribution is 7.89. The Morgan fingerprint density at radius 1 is 1.13 bits per heavy atom. The summed E-state index contributed by atoms with van der Waals surface area (Å²) in [5.41, 5.74) is 1.53. The van der Waals surface area contributed by atoms with Crippen LogP contribution in [0.1, 0.15) is 48.0 Å². The minimum atomic E-state index is -3.68. The zero-order valence-corrected chi connectivity index (χ0v) is 18.4. The topological polar surface area (TPSA) is 72.9 Å². The molecule has 0 amide bonds. The van der Waals surface area contributed by atoms with Crippen molar-refractivity contribution >= 4 is 15.8 Å². The van der Waals surface area contributed by atoms with Crippen molar-refractivity contribution in [2.45, 2.75) is 37.0 Å². The van der Waals surface area contributed by atoms with Gasteiger partial charge in [0.1, 0.15) is 5.75 Å². The first-order chi connectivity index (χ1) is 14.5. The number of morpholine rings is 1. The first-order valence-corrected chi connectivity index (χ1v) is 11.8. The third kappa shape index (κ3) is 5.09. The molecule has 7 heteroatoms. The number of hydrogen-bond donors (Lipinski definition) is 0. The number of methoxy groups -OCH3 is 1. The largest absolute Gasteiger partial charge is 0.496 e. The van der Waals surface area contributed by atoms with Crippen LogP contribution in [0.5, 0.6) is 5.75 Å². The van der Waals surface area contributed by atoms with E-state index in [0.717, 1.165) is 6.42 Å². The molecule has 1 aliphatic rings. The molecule has 0 spiro atoms. The van der Waals surface area contributed by atoms with Crippen molar-refractivity contribution in [2.24, 2.45) is 0 Å². The van der Waals surface area contributed by atoms with Crippen LogP contribution in [0.2, 0.25) is 0 Å². The molecular formula is C23H29NO5S. The summed E-state index contributed by atoms with van der Waals surface area (Å²) in [6.07, 6.45) is 1.95. The molecule has 6 nitrogen and oxygen atoms in total. The number of carbonyl (C=O) groups excluding carboxylic acids is 1. The maximum Gasteiger partial charge on any atom is 0.243 e. The molecule has 1 heterocycles. The quantitative estimate of drug-likeness (QED) is 0.564. The maximum absolute atomic E-state index is 13.0.